The van der Waals surface area contributed by atoms with Gasteiger partial charge in [0.25, 0.3) is 0 Å². The molecule has 96 valence electrons. The van der Waals surface area contributed by atoms with Crippen LogP contribution in [0.2, 0.25) is 0 Å². The third-order valence-corrected chi connectivity index (χ3v) is 5.09. The lowest BCUT2D eigenvalue weighted by atomic mass is 9.87. The van der Waals surface area contributed by atoms with Crippen molar-refractivity contribution in [3.8, 4) is 0 Å². The molecule has 2 heterocycles. The Morgan fingerprint density at radius 2 is 2.12 bits per heavy atom. The lowest BCUT2D eigenvalue weighted by Crippen LogP contribution is -2.35. The molecule has 1 aromatic rings. The molecule has 0 radical (unpaired) electrons. The van der Waals surface area contributed by atoms with Crippen LogP contribution < -0.4 is 5.32 Å². The Labute approximate surface area is 108 Å². The summed E-state index contributed by atoms with van der Waals surface area (Å²) < 4.78 is 1.96. The van der Waals surface area contributed by atoms with E-state index in [4.69, 9.17) is 0 Å². The fourth-order valence-corrected chi connectivity index (χ4v) is 3.82. The third kappa shape index (κ3) is 2.79. The molecular weight excluding hydrogens is 230 g/mol. The number of rotatable bonds is 2. The normalized spacial score (nSPS) is 23.7. The van der Waals surface area contributed by atoms with Crippen LogP contribution >= 0.6 is 11.8 Å². The molecule has 2 rings (SSSR count). The van der Waals surface area contributed by atoms with Crippen LogP contribution in [0, 0.1) is 19.3 Å². The largest absolute Gasteiger partial charge is 0.378 e. The number of hydrogen-bond donors (Lipinski definition) is 1. The van der Waals surface area contributed by atoms with Gasteiger partial charge >= 0.3 is 0 Å². The van der Waals surface area contributed by atoms with E-state index in [0.717, 1.165) is 5.69 Å². The number of anilines is 1. The Morgan fingerprint density at radius 3 is 2.65 bits per heavy atom. The van der Waals surface area contributed by atoms with Gasteiger partial charge < -0.3 is 5.32 Å². The van der Waals surface area contributed by atoms with E-state index in [-0.39, 0.29) is 0 Å². The predicted molar refractivity (Wildman–Crippen MR) is 75.8 cm³/mol. The molecule has 1 aliphatic heterocycles. The summed E-state index contributed by atoms with van der Waals surface area (Å²) in [5.74, 6) is 2.48. The molecule has 0 saturated carbocycles. The molecule has 1 saturated heterocycles. The second-order valence-corrected chi connectivity index (χ2v) is 6.92. The van der Waals surface area contributed by atoms with Gasteiger partial charge in [-0.05, 0) is 31.4 Å². The smallest absolute Gasteiger partial charge is 0.0827 e. The second-order valence-electron chi connectivity index (χ2n) is 5.89. The van der Waals surface area contributed by atoms with Gasteiger partial charge in [-0.15, -0.1) is 0 Å². The molecule has 0 aromatic carbocycles. The first kappa shape index (κ1) is 12.8. The summed E-state index contributed by atoms with van der Waals surface area (Å²) in [6, 6.07) is 0.574. The number of nitrogens with one attached hydrogen (secondary N) is 1. The van der Waals surface area contributed by atoms with Gasteiger partial charge in [-0.25, -0.2) is 0 Å². The van der Waals surface area contributed by atoms with Crippen molar-refractivity contribution >= 4 is 17.4 Å². The predicted octanol–water partition coefficient (Wildman–Crippen LogP) is 2.98. The molecule has 0 amide bonds. The molecule has 0 aliphatic carbocycles. The number of nitrogens with zero attached hydrogens (tertiary/aromatic N) is 2. The Kier molecular flexibility index (Phi) is 3.43. The summed E-state index contributed by atoms with van der Waals surface area (Å²) in [6.07, 6.45) is 1.24. The van der Waals surface area contributed by atoms with Gasteiger partial charge in [-0.1, -0.05) is 13.8 Å². The van der Waals surface area contributed by atoms with E-state index in [1.165, 1.54) is 29.3 Å². The van der Waals surface area contributed by atoms with E-state index in [9.17, 15) is 0 Å². The molecule has 4 heteroatoms. The quantitative estimate of drug-likeness (QED) is 0.879. The zero-order valence-corrected chi connectivity index (χ0v) is 12.3. The standard InChI is InChI=1S/C13H23N3S/c1-9-12(10(2)16(5)15-9)14-11-6-13(3,4)8-17-7-11/h11,14H,6-8H2,1-5H3. The minimum Gasteiger partial charge on any atom is -0.378 e. The minimum atomic E-state index is 0.449. The number of aryl methyl sites for hydroxylation is 2. The van der Waals surface area contributed by atoms with Crippen molar-refractivity contribution in [1.29, 1.82) is 0 Å². The number of aromatic nitrogens is 2. The highest BCUT2D eigenvalue weighted by Crippen LogP contribution is 2.35. The van der Waals surface area contributed by atoms with E-state index < -0.39 is 0 Å². The summed E-state index contributed by atoms with van der Waals surface area (Å²) in [5.41, 5.74) is 4.02. The van der Waals surface area contributed by atoms with Gasteiger partial charge in [0.1, 0.15) is 0 Å². The van der Waals surface area contributed by atoms with Gasteiger partial charge in [0.15, 0.2) is 0 Å². The maximum Gasteiger partial charge on any atom is 0.0827 e. The van der Waals surface area contributed by atoms with Gasteiger partial charge in [0, 0.05) is 18.8 Å². The van der Waals surface area contributed by atoms with Crippen molar-refractivity contribution in [3.05, 3.63) is 11.4 Å². The van der Waals surface area contributed by atoms with Crippen LogP contribution in [0.3, 0.4) is 0 Å². The molecule has 1 atom stereocenters. The van der Waals surface area contributed by atoms with Gasteiger partial charge in [-0.3, -0.25) is 4.68 Å². The van der Waals surface area contributed by atoms with E-state index in [2.05, 4.69) is 49.9 Å². The van der Waals surface area contributed by atoms with Gasteiger partial charge in [0.2, 0.25) is 0 Å². The zero-order chi connectivity index (χ0) is 12.6. The zero-order valence-electron chi connectivity index (χ0n) is 11.5. The molecular formula is C13H23N3S. The topological polar surface area (TPSA) is 29.9 Å². The second kappa shape index (κ2) is 4.56. The molecule has 1 fully saturated rings. The number of hydrogen-bond acceptors (Lipinski definition) is 3. The van der Waals surface area contributed by atoms with Crippen LogP contribution in [-0.4, -0.2) is 27.3 Å². The number of thioether (sulfide) groups is 1. The summed E-state index contributed by atoms with van der Waals surface area (Å²) in [6.45, 7) is 8.92. The van der Waals surface area contributed by atoms with Crippen LogP contribution in [0.25, 0.3) is 0 Å². The van der Waals surface area contributed by atoms with Crippen molar-refractivity contribution in [3.63, 3.8) is 0 Å². The first-order chi connectivity index (χ1) is 7.89. The summed E-state index contributed by atoms with van der Waals surface area (Å²) in [7, 11) is 2.01. The fraction of sp³-hybridized carbons (Fsp3) is 0.769. The van der Waals surface area contributed by atoms with Crippen LogP contribution in [0.5, 0.6) is 0 Å². The lowest BCUT2D eigenvalue weighted by molar-refractivity contribution is 0.358. The van der Waals surface area contributed by atoms with Crippen molar-refractivity contribution in [1.82, 2.24) is 9.78 Å². The van der Waals surface area contributed by atoms with Crippen molar-refractivity contribution in [2.75, 3.05) is 16.8 Å². The monoisotopic (exact) mass is 253 g/mol. The van der Waals surface area contributed by atoms with E-state index >= 15 is 0 Å². The highest BCUT2D eigenvalue weighted by Gasteiger charge is 2.29. The van der Waals surface area contributed by atoms with Crippen LogP contribution in [0.4, 0.5) is 5.69 Å². The van der Waals surface area contributed by atoms with Crippen LogP contribution in [0.15, 0.2) is 0 Å². The molecule has 1 N–H and O–H groups in total. The summed E-state index contributed by atoms with van der Waals surface area (Å²) in [4.78, 5) is 0. The SMILES string of the molecule is Cc1nn(C)c(C)c1NC1CSCC(C)(C)C1. The maximum atomic E-state index is 4.46. The first-order valence-electron chi connectivity index (χ1n) is 6.23. The minimum absolute atomic E-state index is 0.449. The molecule has 1 unspecified atom stereocenters. The third-order valence-electron chi connectivity index (χ3n) is 3.47. The molecule has 1 aliphatic rings. The maximum absolute atomic E-state index is 4.46. The Hall–Kier alpha value is -0.640. The van der Waals surface area contributed by atoms with E-state index in [0.29, 0.717) is 11.5 Å². The Morgan fingerprint density at radius 1 is 1.41 bits per heavy atom. The van der Waals surface area contributed by atoms with Gasteiger partial charge in [0.05, 0.1) is 17.1 Å². The van der Waals surface area contributed by atoms with Gasteiger partial charge in [-0.2, -0.15) is 16.9 Å². The molecule has 1 aromatic heterocycles. The summed E-state index contributed by atoms with van der Waals surface area (Å²) >= 11 is 2.06. The van der Waals surface area contributed by atoms with Crippen molar-refractivity contribution in [2.45, 2.75) is 40.2 Å². The Balaban J connectivity index is 2.10. The van der Waals surface area contributed by atoms with Crippen LogP contribution in [-0.2, 0) is 7.05 Å². The first-order valence-corrected chi connectivity index (χ1v) is 7.39. The fourth-order valence-electron chi connectivity index (χ4n) is 2.54. The highest BCUT2D eigenvalue weighted by molar-refractivity contribution is 7.99. The van der Waals surface area contributed by atoms with E-state index in [1.807, 2.05) is 11.7 Å². The Bertz CT molecular complexity index is 409. The molecule has 0 spiro atoms. The molecule has 3 nitrogen and oxygen atoms in total. The van der Waals surface area contributed by atoms with Crippen LogP contribution in [0.1, 0.15) is 31.7 Å². The lowest BCUT2D eigenvalue weighted by Gasteiger charge is -2.35. The summed E-state index contributed by atoms with van der Waals surface area (Å²) in [5, 5.41) is 8.15. The average molecular weight is 253 g/mol. The van der Waals surface area contributed by atoms with E-state index in [1.54, 1.807) is 0 Å². The highest BCUT2D eigenvalue weighted by atomic mass is 32.2. The van der Waals surface area contributed by atoms with Crippen molar-refractivity contribution < 1.29 is 0 Å². The molecule has 0 bridgehead atoms. The average Bonchev–Trinajstić information content (AvgIpc) is 2.44. The van der Waals surface area contributed by atoms with Crippen molar-refractivity contribution in [2.24, 2.45) is 12.5 Å². The molecule has 17 heavy (non-hydrogen) atoms.